The molecule has 6 heteroatoms. The van der Waals surface area contributed by atoms with Crippen molar-refractivity contribution in [3.8, 4) is 0 Å². The second kappa shape index (κ2) is 8.87. The maximum absolute atomic E-state index is 14.2. The van der Waals surface area contributed by atoms with Crippen LogP contribution in [0.5, 0.6) is 0 Å². The first-order valence-corrected chi connectivity index (χ1v) is 12.0. The van der Waals surface area contributed by atoms with Crippen LogP contribution in [0.4, 0.5) is 15.8 Å². The number of anilines is 2. The third-order valence-corrected chi connectivity index (χ3v) is 7.30. The van der Waals surface area contributed by atoms with Gasteiger partial charge in [0, 0.05) is 27.9 Å². The number of thiophene rings is 1. The Morgan fingerprint density at radius 1 is 1.03 bits per heavy atom. The first-order chi connectivity index (χ1) is 15.6. The summed E-state index contributed by atoms with van der Waals surface area (Å²) in [5, 5.41) is 1.93. The first kappa shape index (κ1) is 20.9. The van der Waals surface area contributed by atoms with Crippen LogP contribution in [0, 0.1) is 5.82 Å². The minimum Gasteiger partial charge on any atom is -0.307 e. The second-order valence-corrected chi connectivity index (χ2v) is 9.49. The minimum atomic E-state index is -0.789. The SMILES string of the molecule is O=C1C(N(C(=O)Cc2cccs2)c2cccc(F)c2)c2ccccc2N1C1CCCCC1. The largest absolute Gasteiger partial charge is 0.307 e. The van der Waals surface area contributed by atoms with Crippen LogP contribution >= 0.6 is 11.3 Å². The number of carbonyl (C=O) groups excluding carboxylic acids is 2. The van der Waals surface area contributed by atoms with Crippen molar-refractivity contribution in [3.63, 3.8) is 0 Å². The highest BCUT2D eigenvalue weighted by molar-refractivity contribution is 7.10. The lowest BCUT2D eigenvalue weighted by Gasteiger charge is -2.33. The summed E-state index contributed by atoms with van der Waals surface area (Å²) in [5.41, 5.74) is 2.09. The van der Waals surface area contributed by atoms with E-state index in [1.165, 1.54) is 34.8 Å². The zero-order chi connectivity index (χ0) is 22.1. The van der Waals surface area contributed by atoms with E-state index in [0.717, 1.165) is 41.8 Å². The van der Waals surface area contributed by atoms with Crippen molar-refractivity contribution in [2.45, 2.75) is 50.6 Å². The van der Waals surface area contributed by atoms with Crippen molar-refractivity contribution in [1.82, 2.24) is 0 Å². The molecule has 1 saturated carbocycles. The van der Waals surface area contributed by atoms with E-state index in [1.807, 2.05) is 46.7 Å². The number of benzene rings is 2. The van der Waals surface area contributed by atoms with E-state index in [4.69, 9.17) is 0 Å². The molecule has 1 unspecified atom stereocenters. The number of rotatable bonds is 5. The van der Waals surface area contributed by atoms with Gasteiger partial charge in [-0.15, -0.1) is 11.3 Å². The molecule has 2 heterocycles. The Bertz CT molecular complexity index is 1120. The molecule has 164 valence electrons. The molecule has 0 saturated heterocycles. The Morgan fingerprint density at radius 3 is 2.59 bits per heavy atom. The number of fused-ring (bicyclic) bond motifs is 1. The van der Waals surface area contributed by atoms with Crippen LogP contribution in [0.25, 0.3) is 0 Å². The molecule has 32 heavy (non-hydrogen) atoms. The highest BCUT2D eigenvalue weighted by Crippen LogP contribution is 2.44. The summed E-state index contributed by atoms with van der Waals surface area (Å²) in [6, 6.07) is 16.9. The number of hydrogen-bond acceptors (Lipinski definition) is 3. The summed E-state index contributed by atoms with van der Waals surface area (Å²) in [5.74, 6) is -0.738. The van der Waals surface area contributed by atoms with Gasteiger partial charge in [0.1, 0.15) is 11.9 Å². The molecule has 0 radical (unpaired) electrons. The third kappa shape index (κ3) is 3.84. The molecule has 3 aromatic rings. The lowest BCUT2D eigenvalue weighted by atomic mass is 9.94. The van der Waals surface area contributed by atoms with E-state index in [2.05, 4.69) is 0 Å². The molecule has 1 aromatic heterocycles. The number of para-hydroxylation sites is 1. The first-order valence-electron chi connectivity index (χ1n) is 11.2. The average Bonchev–Trinajstić information content (AvgIpc) is 3.41. The van der Waals surface area contributed by atoms with Gasteiger partial charge < -0.3 is 4.90 Å². The topological polar surface area (TPSA) is 40.6 Å². The fourth-order valence-electron chi connectivity index (χ4n) is 5.00. The predicted molar refractivity (Wildman–Crippen MR) is 125 cm³/mol. The molecule has 0 bridgehead atoms. The maximum atomic E-state index is 14.2. The summed E-state index contributed by atoms with van der Waals surface area (Å²) < 4.78 is 14.2. The molecule has 2 aromatic carbocycles. The van der Waals surface area contributed by atoms with Gasteiger partial charge in [-0.05, 0) is 48.6 Å². The summed E-state index contributed by atoms with van der Waals surface area (Å²) in [7, 11) is 0. The molecule has 1 aliphatic heterocycles. The van der Waals surface area contributed by atoms with E-state index < -0.39 is 11.9 Å². The van der Waals surface area contributed by atoms with Crippen molar-refractivity contribution in [2.75, 3.05) is 9.80 Å². The van der Waals surface area contributed by atoms with E-state index in [9.17, 15) is 14.0 Å². The summed E-state index contributed by atoms with van der Waals surface area (Å²) >= 11 is 1.50. The van der Waals surface area contributed by atoms with Gasteiger partial charge in [0.2, 0.25) is 5.91 Å². The van der Waals surface area contributed by atoms with Gasteiger partial charge in [-0.2, -0.15) is 0 Å². The Balaban J connectivity index is 1.58. The Morgan fingerprint density at radius 2 is 1.84 bits per heavy atom. The normalized spacial score (nSPS) is 18.6. The second-order valence-electron chi connectivity index (χ2n) is 8.46. The fourth-order valence-corrected chi connectivity index (χ4v) is 5.69. The lowest BCUT2D eigenvalue weighted by Crippen LogP contribution is -2.45. The number of nitrogens with zero attached hydrogens (tertiary/aromatic N) is 2. The van der Waals surface area contributed by atoms with Crippen LogP contribution in [-0.4, -0.2) is 17.9 Å². The van der Waals surface area contributed by atoms with Crippen LogP contribution in [0.2, 0.25) is 0 Å². The molecule has 4 nitrogen and oxygen atoms in total. The van der Waals surface area contributed by atoms with E-state index in [1.54, 1.807) is 12.1 Å². The maximum Gasteiger partial charge on any atom is 0.255 e. The summed E-state index contributed by atoms with van der Waals surface area (Å²) in [6.07, 6.45) is 5.51. The van der Waals surface area contributed by atoms with Gasteiger partial charge in [0.25, 0.3) is 5.91 Å². The minimum absolute atomic E-state index is 0.0955. The molecule has 1 atom stereocenters. The Labute approximate surface area is 191 Å². The van der Waals surface area contributed by atoms with Crippen LogP contribution in [0.15, 0.2) is 66.0 Å². The van der Waals surface area contributed by atoms with Gasteiger partial charge in [-0.1, -0.05) is 49.6 Å². The van der Waals surface area contributed by atoms with E-state index >= 15 is 0 Å². The molecular formula is C26H25FN2O2S. The van der Waals surface area contributed by atoms with Gasteiger partial charge in [-0.25, -0.2) is 4.39 Å². The average molecular weight is 449 g/mol. The molecule has 0 N–H and O–H groups in total. The van der Waals surface area contributed by atoms with Gasteiger partial charge in [-0.3, -0.25) is 14.5 Å². The van der Waals surface area contributed by atoms with E-state index in [0.29, 0.717) is 5.69 Å². The predicted octanol–water partition coefficient (Wildman–Crippen LogP) is 5.88. The van der Waals surface area contributed by atoms with Gasteiger partial charge >= 0.3 is 0 Å². The molecule has 2 amide bonds. The zero-order valence-electron chi connectivity index (χ0n) is 17.7. The number of hydrogen-bond donors (Lipinski definition) is 0. The van der Waals surface area contributed by atoms with Crippen LogP contribution < -0.4 is 9.80 Å². The quantitative estimate of drug-likeness (QED) is 0.489. The molecule has 2 aliphatic rings. The van der Waals surface area contributed by atoms with Gasteiger partial charge in [0.15, 0.2) is 0 Å². The molecule has 0 spiro atoms. The van der Waals surface area contributed by atoms with Crippen molar-refractivity contribution >= 4 is 34.5 Å². The highest BCUT2D eigenvalue weighted by atomic mass is 32.1. The van der Waals surface area contributed by atoms with Crippen LogP contribution in [0.3, 0.4) is 0 Å². The van der Waals surface area contributed by atoms with Crippen molar-refractivity contribution in [2.24, 2.45) is 0 Å². The molecule has 1 aliphatic carbocycles. The highest BCUT2D eigenvalue weighted by Gasteiger charge is 2.45. The monoisotopic (exact) mass is 448 g/mol. The standard InChI is InChI=1S/C26H25FN2O2S/c27-18-8-6-11-20(16-18)29(24(30)17-21-12-7-15-32-21)25-22-13-4-5-14-23(22)28(26(25)31)19-9-2-1-3-10-19/h4-8,11-16,19,25H,1-3,9-10,17H2. The summed E-state index contributed by atoms with van der Waals surface area (Å²) in [6.45, 7) is 0. The van der Waals surface area contributed by atoms with E-state index in [-0.39, 0.29) is 24.3 Å². The number of halogens is 1. The molecule has 1 fully saturated rings. The molecule has 5 rings (SSSR count). The molecular weight excluding hydrogens is 423 g/mol. The van der Waals surface area contributed by atoms with Crippen molar-refractivity contribution in [3.05, 3.63) is 82.3 Å². The number of amides is 2. The third-order valence-electron chi connectivity index (χ3n) is 6.42. The fraction of sp³-hybridized carbons (Fsp3) is 0.308. The smallest absolute Gasteiger partial charge is 0.255 e. The van der Waals surface area contributed by atoms with Crippen molar-refractivity contribution in [1.29, 1.82) is 0 Å². The van der Waals surface area contributed by atoms with Crippen LogP contribution in [0.1, 0.15) is 48.6 Å². The Hall–Kier alpha value is -2.99. The number of carbonyl (C=O) groups is 2. The van der Waals surface area contributed by atoms with Gasteiger partial charge in [0.05, 0.1) is 6.42 Å². The zero-order valence-corrected chi connectivity index (χ0v) is 18.6. The summed E-state index contributed by atoms with van der Waals surface area (Å²) in [4.78, 5) is 31.8. The lowest BCUT2D eigenvalue weighted by molar-refractivity contribution is -0.124. The van der Waals surface area contributed by atoms with Crippen LogP contribution in [-0.2, 0) is 16.0 Å². The van der Waals surface area contributed by atoms with Crippen molar-refractivity contribution < 1.29 is 14.0 Å². The Kier molecular flexibility index (Phi) is 5.79.